The van der Waals surface area contributed by atoms with Crippen LogP contribution in [0, 0.1) is 0 Å². The van der Waals surface area contributed by atoms with E-state index in [0.717, 1.165) is 6.54 Å². The molecule has 0 fully saturated rings. The molecule has 1 aromatic rings. The Morgan fingerprint density at radius 3 is 1.95 bits per heavy atom. The second-order valence-corrected chi connectivity index (χ2v) is 9.04. The maximum absolute atomic E-state index is 5.27. The molecule has 116 valence electrons. The molecule has 1 heterocycles. The Kier molecular flexibility index (Phi) is 8.75. The van der Waals surface area contributed by atoms with Crippen LogP contribution in [0.4, 0.5) is 0 Å². The normalized spacial score (nSPS) is 12.3. The van der Waals surface area contributed by atoms with Crippen molar-refractivity contribution in [3.05, 3.63) is 24.5 Å². The van der Waals surface area contributed by atoms with Crippen molar-refractivity contribution in [2.24, 2.45) is 4.36 Å². The monoisotopic (exact) mass is 296 g/mol. The standard InChI is InChI=1S/C17H32N2S/c1-4-7-12-19-20(15-8-5-2,16-9-6-3)17-10-13-18-14-11-17/h10-11,13-14,20H,4-9,12,15-16H2,1-3H3. The van der Waals surface area contributed by atoms with E-state index in [2.05, 4.69) is 37.9 Å². The van der Waals surface area contributed by atoms with E-state index >= 15 is 0 Å². The number of hydrogen-bond acceptors (Lipinski definition) is 2. The van der Waals surface area contributed by atoms with Crippen molar-refractivity contribution in [2.75, 3.05) is 18.1 Å². The Morgan fingerprint density at radius 1 is 0.900 bits per heavy atom. The SMILES string of the molecule is CCCCN=[SH](CCCC)(CCCC)c1ccncc1. The van der Waals surface area contributed by atoms with Crippen molar-refractivity contribution < 1.29 is 0 Å². The quantitative estimate of drug-likeness (QED) is 0.481. The minimum Gasteiger partial charge on any atom is -0.281 e. The van der Waals surface area contributed by atoms with Crippen LogP contribution in [-0.4, -0.2) is 23.0 Å². The molecule has 0 N–H and O–H groups in total. The first-order valence-electron chi connectivity index (χ1n) is 8.25. The second kappa shape index (κ2) is 10.1. The molecule has 0 atom stereocenters. The van der Waals surface area contributed by atoms with E-state index < -0.39 is 9.82 Å². The lowest BCUT2D eigenvalue weighted by Gasteiger charge is -2.31. The molecule has 3 heteroatoms. The second-order valence-electron chi connectivity index (χ2n) is 5.50. The fraction of sp³-hybridized carbons (Fsp3) is 0.706. The van der Waals surface area contributed by atoms with Crippen LogP contribution in [-0.2, 0) is 9.82 Å². The van der Waals surface area contributed by atoms with E-state index in [1.807, 2.05) is 12.4 Å². The zero-order valence-corrected chi connectivity index (χ0v) is 14.4. The molecule has 0 amide bonds. The maximum Gasteiger partial charge on any atom is 0.0441 e. The fourth-order valence-corrected chi connectivity index (χ4v) is 6.55. The lowest BCUT2D eigenvalue weighted by Crippen LogP contribution is -2.22. The van der Waals surface area contributed by atoms with Crippen LogP contribution in [0.15, 0.2) is 33.8 Å². The Balaban J connectivity index is 3.07. The third-order valence-corrected chi connectivity index (χ3v) is 7.90. The fourth-order valence-electron chi connectivity index (χ4n) is 2.47. The van der Waals surface area contributed by atoms with E-state index in [0.29, 0.717) is 0 Å². The smallest absolute Gasteiger partial charge is 0.0441 e. The van der Waals surface area contributed by atoms with Crippen LogP contribution in [0.1, 0.15) is 59.3 Å². The summed E-state index contributed by atoms with van der Waals surface area (Å²) in [5.41, 5.74) is 0. The van der Waals surface area contributed by atoms with Crippen molar-refractivity contribution >= 4 is 9.82 Å². The molecule has 0 unspecified atom stereocenters. The van der Waals surface area contributed by atoms with Crippen molar-refractivity contribution in [2.45, 2.75) is 64.2 Å². The van der Waals surface area contributed by atoms with Crippen LogP contribution in [0.5, 0.6) is 0 Å². The van der Waals surface area contributed by atoms with E-state index in [-0.39, 0.29) is 0 Å². The van der Waals surface area contributed by atoms with Gasteiger partial charge >= 0.3 is 0 Å². The number of thiol groups is 1. The maximum atomic E-state index is 5.27. The molecule has 0 radical (unpaired) electrons. The van der Waals surface area contributed by atoms with Gasteiger partial charge in [0.15, 0.2) is 0 Å². The van der Waals surface area contributed by atoms with Gasteiger partial charge in [0.25, 0.3) is 0 Å². The topological polar surface area (TPSA) is 25.2 Å². The van der Waals surface area contributed by atoms with Gasteiger partial charge in [-0.1, -0.05) is 40.0 Å². The summed E-state index contributed by atoms with van der Waals surface area (Å²) in [4.78, 5) is 5.67. The Hall–Kier alpha value is -0.700. The summed E-state index contributed by atoms with van der Waals surface area (Å²) in [6, 6.07) is 4.43. The van der Waals surface area contributed by atoms with Crippen LogP contribution < -0.4 is 0 Å². The van der Waals surface area contributed by atoms with E-state index in [4.69, 9.17) is 4.36 Å². The van der Waals surface area contributed by atoms with Gasteiger partial charge in [0, 0.05) is 23.8 Å². The van der Waals surface area contributed by atoms with Gasteiger partial charge < -0.3 is 0 Å². The Labute approximate surface area is 126 Å². The van der Waals surface area contributed by atoms with Gasteiger partial charge in [0.2, 0.25) is 0 Å². The average Bonchev–Trinajstić information content (AvgIpc) is 2.51. The molecular formula is C17H32N2S. The number of aromatic nitrogens is 1. The van der Waals surface area contributed by atoms with Gasteiger partial charge in [-0.2, -0.15) is 9.82 Å². The summed E-state index contributed by atoms with van der Waals surface area (Å²) >= 11 is 0. The zero-order valence-electron chi connectivity index (χ0n) is 13.5. The molecule has 1 aromatic heterocycles. The molecule has 0 spiro atoms. The van der Waals surface area contributed by atoms with E-state index in [1.54, 1.807) is 0 Å². The molecule has 0 bridgehead atoms. The summed E-state index contributed by atoms with van der Waals surface area (Å²) in [6.45, 7) is 7.86. The van der Waals surface area contributed by atoms with Gasteiger partial charge in [-0.25, -0.2) is 0 Å². The molecule has 1 rings (SSSR count). The van der Waals surface area contributed by atoms with Gasteiger partial charge in [-0.05, 0) is 42.9 Å². The predicted molar refractivity (Wildman–Crippen MR) is 93.0 cm³/mol. The van der Waals surface area contributed by atoms with Crippen molar-refractivity contribution in [3.63, 3.8) is 0 Å². The van der Waals surface area contributed by atoms with Crippen molar-refractivity contribution in [1.29, 1.82) is 0 Å². The number of unbranched alkanes of at least 4 members (excludes halogenated alkanes) is 3. The third kappa shape index (κ3) is 5.35. The summed E-state index contributed by atoms with van der Waals surface area (Å²) in [5.74, 6) is 2.58. The number of rotatable bonds is 10. The molecule has 20 heavy (non-hydrogen) atoms. The van der Waals surface area contributed by atoms with Crippen molar-refractivity contribution in [3.8, 4) is 0 Å². The van der Waals surface area contributed by atoms with Crippen molar-refractivity contribution in [1.82, 2.24) is 4.98 Å². The number of pyridine rings is 1. The lowest BCUT2D eigenvalue weighted by molar-refractivity contribution is 0.806. The van der Waals surface area contributed by atoms with Gasteiger partial charge in [-0.15, -0.1) is 0 Å². The predicted octanol–water partition coefficient (Wildman–Crippen LogP) is 4.91. The first-order valence-corrected chi connectivity index (χ1v) is 10.4. The molecule has 0 aliphatic carbocycles. The molecule has 0 aliphatic rings. The van der Waals surface area contributed by atoms with Crippen LogP contribution in [0.2, 0.25) is 0 Å². The summed E-state index contributed by atoms with van der Waals surface area (Å²) < 4.78 is 5.27. The molecular weight excluding hydrogens is 264 g/mol. The highest BCUT2D eigenvalue weighted by Crippen LogP contribution is 2.26. The van der Waals surface area contributed by atoms with Gasteiger partial charge in [0.1, 0.15) is 0 Å². The average molecular weight is 297 g/mol. The van der Waals surface area contributed by atoms with E-state index in [9.17, 15) is 0 Å². The molecule has 0 saturated carbocycles. The molecule has 2 nitrogen and oxygen atoms in total. The molecule has 0 aliphatic heterocycles. The zero-order chi connectivity index (χ0) is 14.7. The summed E-state index contributed by atoms with van der Waals surface area (Å²) in [6.07, 6.45) is 11.5. The summed E-state index contributed by atoms with van der Waals surface area (Å²) in [7, 11) is -1.33. The highest BCUT2D eigenvalue weighted by atomic mass is 32.2. The highest BCUT2D eigenvalue weighted by Gasteiger charge is 2.15. The van der Waals surface area contributed by atoms with Crippen LogP contribution >= 0.6 is 0 Å². The minimum absolute atomic E-state index is 1.04. The summed E-state index contributed by atoms with van der Waals surface area (Å²) in [5, 5.41) is 0. The highest BCUT2D eigenvalue weighted by molar-refractivity contribution is 8.05. The van der Waals surface area contributed by atoms with Gasteiger partial charge in [0.05, 0.1) is 0 Å². The Morgan fingerprint density at radius 2 is 1.45 bits per heavy atom. The molecule has 0 aromatic carbocycles. The lowest BCUT2D eigenvalue weighted by atomic mass is 10.3. The number of nitrogens with zero attached hydrogens (tertiary/aromatic N) is 2. The van der Waals surface area contributed by atoms with Crippen LogP contribution in [0.25, 0.3) is 0 Å². The van der Waals surface area contributed by atoms with Gasteiger partial charge in [-0.3, -0.25) is 9.35 Å². The van der Waals surface area contributed by atoms with E-state index in [1.165, 1.54) is 54.9 Å². The van der Waals surface area contributed by atoms with Crippen LogP contribution in [0.3, 0.4) is 0 Å². The third-order valence-electron chi connectivity index (χ3n) is 3.79. The Bertz CT molecular complexity index is 389. The number of hydrogen-bond donors (Lipinski definition) is 1. The first kappa shape index (κ1) is 17.4. The molecule has 0 saturated heterocycles. The first-order chi connectivity index (χ1) is 9.79. The largest absolute Gasteiger partial charge is 0.281 e. The minimum atomic E-state index is -1.33.